The molecule has 0 bridgehead atoms. The number of aromatic amines is 1. The number of para-hydroxylation sites is 1. The molecule has 0 aliphatic carbocycles. The van der Waals surface area contributed by atoms with Gasteiger partial charge in [0.1, 0.15) is 24.8 Å². The summed E-state index contributed by atoms with van der Waals surface area (Å²) in [5.41, 5.74) is 5.27. The van der Waals surface area contributed by atoms with E-state index in [-0.39, 0.29) is 24.3 Å². The van der Waals surface area contributed by atoms with Crippen molar-refractivity contribution in [3.63, 3.8) is 0 Å². The molecule has 5 aromatic rings. The minimum Gasteiger partial charge on any atom is -0.493 e. The molecule has 6 rings (SSSR count). The second-order valence-electron chi connectivity index (χ2n) is 11.4. The van der Waals surface area contributed by atoms with Crippen LogP contribution in [0.25, 0.3) is 33.2 Å². The Hall–Kier alpha value is -4.86. The first-order valence-corrected chi connectivity index (χ1v) is 14.9. The number of amides is 1. The van der Waals surface area contributed by atoms with Gasteiger partial charge >= 0.3 is 0 Å². The monoisotopic (exact) mass is 609 g/mol. The fourth-order valence-corrected chi connectivity index (χ4v) is 5.73. The van der Waals surface area contributed by atoms with Crippen molar-refractivity contribution in [2.75, 3.05) is 41.0 Å². The zero-order chi connectivity index (χ0) is 31.5. The van der Waals surface area contributed by atoms with E-state index in [1.807, 2.05) is 61.6 Å². The van der Waals surface area contributed by atoms with Crippen LogP contribution in [-0.4, -0.2) is 67.9 Å². The Bertz CT molecular complexity index is 1850. The van der Waals surface area contributed by atoms with Crippen LogP contribution in [-0.2, 0) is 13.0 Å². The molecular weight excluding hydrogens is 573 g/mol. The van der Waals surface area contributed by atoms with Gasteiger partial charge in [-0.15, -0.1) is 0 Å². The lowest BCUT2D eigenvalue weighted by Gasteiger charge is -2.25. The van der Waals surface area contributed by atoms with Gasteiger partial charge in [-0.1, -0.05) is 36.4 Å². The molecule has 0 saturated heterocycles. The highest BCUT2D eigenvalue weighted by atomic mass is 19.1. The lowest BCUT2D eigenvalue weighted by molar-refractivity contribution is 0.0917. The van der Waals surface area contributed by atoms with Gasteiger partial charge in [0.05, 0.1) is 19.8 Å². The molecule has 1 aliphatic rings. The molecule has 8 nitrogen and oxygen atoms in total. The molecule has 0 fully saturated rings. The van der Waals surface area contributed by atoms with Crippen molar-refractivity contribution < 1.29 is 28.5 Å². The molecule has 0 unspecified atom stereocenters. The quantitative estimate of drug-likeness (QED) is 0.175. The Labute approximate surface area is 261 Å². The van der Waals surface area contributed by atoms with Crippen molar-refractivity contribution in [3.05, 3.63) is 102 Å². The summed E-state index contributed by atoms with van der Waals surface area (Å²) in [6.45, 7) is 1.23. The SMILES string of the molecule is COc1cc2c(cc1OCCN(C)C)COc1cc(-c3ccccc3F)c(C(=O)N[C@@H](CO)Cc3c[nH]c4ccccc34)cc1-2. The zero-order valence-corrected chi connectivity index (χ0v) is 25.5. The van der Waals surface area contributed by atoms with E-state index < -0.39 is 17.8 Å². The molecule has 2 heterocycles. The molecule has 1 aromatic heterocycles. The number of rotatable bonds is 11. The molecule has 0 radical (unpaired) electrons. The van der Waals surface area contributed by atoms with Crippen molar-refractivity contribution in [1.29, 1.82) is 0 Å². The van der Waals surface area contributed by atoms with Crippen molar-refractivity contribution in [2.45, 2.75) is 19.1 Å². The highest BCUT2D eigenvalue weighted by Crippen LogP contribution is 2.45. The number of nitrogens with one attached hydrogen (secondary N) is 2. The summed E-state index contributed by atoms with van der Waals surface area (Å²) >= 11 is 0. The van der Waals surface area contributed by atoms with Crippen LogP contribution in [0.3, 0.4) is 0 Å². The third kappa shape index (κ3) is 6.22. The van der Waals surface area contributed by atoms with Gasteiger partial charge < -0.3 is 34.5 Å². The number of carbonyl (C=O) groups excluding carboxylic acids is 1. The van der Waals surface area contributed by atoms with E-state index in [9.17, 15) is 9.90 Å². The number of nitrogens with zero attached hydrogens (tertiary/aromatic N) is 1. The minimum absolute atomic E-state index is 0.262. The number of likely N-dealkylation sites (N-methyl/N-ethyl adjacent to an activating group) is 1. The van der Waals surface area contributed by atoms with E-state index in [0.717, 1.165) is 34.1 Å². The molecule has 3 N–H and O–H groups in total. The molecule has 0 spiro atoms. The Morgan fingerprint density at radius 3 is 2.60 bits per heavy atom. The van der Waals surface area contributed by atoms with Crippen LogP contribution >= 0.6 is 0 Å². The number of carbonyl (C=O) groups is 1. The molecule has 4 aromatic carbocycles. The number of aromatic nitrogens is 1. The standard InChI is InChI=1S/C36H36FN3O5/c1-40(2)12-13-44-35-15-23-21-45-33-18-28(26-9-4-6-10-31(26)37)30(16-29(33)27(23)17-34(35)43-3)36(42)39-24(20-41)14-22-19-38-32-11-7-5-8-25(22)32/h4-11,15-19,24,38,41H,12-14,20-21H2,1-3H3,(H,39,42)/t24-/m1/s1. The van der Waals surface area contributed by atoms with E-state index in [2.05, 4.69) is 10.3 Å². The van der Waals surface area contributed by atoms with Crippen molar-refractivity contribution >= 4 is 16.8 Å². The maximum atomic E-state index is 15.2. The molecule has 1 atom stereocenters. The van der Waals surface area contributed by atoms with Crippen LogP contribution in [0.4, 0.5) is 4.39 Å². The Balaban J connectivity index is 1.38. The second-order valence-corrected chi connectivity index (χ2v) is 11.4. The number of halogens is 1. The fraction of sp³-hybridized carbons (Fsp3) is 0.250. The average molecular weight is 610 g/mol. The lowest BCUT2D eigenvalue weighted by Crippen LogP contribution is -2.39. The summed E-state index contributed by atoms with van der Waals surface area (Å²) in [5, 5.41) is 14.3. The summed E-state index contributed by atoms with van der Waals surface area (Å²) in [7, 11) is 5.54. The maximum Gasteiger partial charge on any atom is 0.252 e. The van der Waals surface area contributed by atoms with Crippen LogP contribution in [0.1, 0.15) is 21.5 Å². The number of fused-ring (bicyclic) bond motifs is 4. The topological polar surface area (TPSA) is 96.1 Å². The number of hydrogen-bond acceptors (Lipinski definition) is 6. The van der Waals surface area contributed by atoms with E-state index >= 15 is 4.39 Å². The van der Waals surface area contributed by atoms with Crippen molar-refractivity contribution in [1.82, 2.24) is 15.2 Å². The predicted molar refractivity (Wildman–Crippen MR) is 173 cm³/mol. The van der Waals surface area contributed by atoms with Crippen molar-refractivity contribution in [3.8, 4) is 39.5 Å². The van der Waals surface area contributed by atoms with Crippen LogP contribution in [0.2, 0.25) is 0 Å². The van der Waals surface area contributed by atoms with Gasteiger partial charge in [-0.3, -0.25) is 4.79 Å². The summed E-state index contributed by atoms with van der Waals surface area (Å²) in [5.74, 6) is 0.801. The summed E-state index contributed by atoms with van der Waals surface area (Å²) in [6, 6.07) is 20.9. The third-order valence-electron chi connectivity index (χ3n) is 8.08. The van der Waals surface area contributed by atoms with Gasteiger partial charge in [-0.2, -0.15) is 0 Å². The summed E-state index contributed by atoms with van der Waals surface area (Å²) in [4.78, 5) is 19.3. The molecule has 45 heavy (non-hydrogen) atoms. The Morgan fingerprint density at radius 2 is 1.82 bits per heavy atom. The van der Waals surface area contributed by atoms with Crippen LogP contribution in [0.5, 0.6) is 17.2 Å². The predicted octanol–water partition coefficient (Wildman–Crippen LogP) is 5.82. The fourth-order valence-electron chi connectivity index (χ4n) is 5.73. The lowest BCUT2D eigenvalue weighted by atomic mass is 9.90. The van der Waals surface area contributed by atoms with Crippen LogP contribution in [0.15, 0.2) is 79.0 Å². The number of H-pyrrole nitrogens is 1. The van der Waals surface area contributed by atoms with Crippen LogP contribution < -0.4 is 19.5 Å². The summed E-state index contributed by atoms with van der Waals surface area (Å²) < 4.78 is 33.0. The third-order valence-corrected chi connectivity index (χ3v) is 8.08. The number of hydrogen-bond donors (Lipinski definition) is 3. The number of methoxy groups -OCH3 is 1. The van der Waals surface area contributed by atoms with Crippen LogP contribution in [0, 0.1) is 5.82 Å². The summed E-state index contributed by atoms with van der Waals surface area (Å²) in [6.07, 6.45) is 2.30. The number of aliphatic hydroxyl groups excluding tert-OH is 1. The molecule has 9 heteroatoms. The second kappa shape index (κ2) is 13.0. The van der Waals surface area contributed by atoms with Gasteiger partial charge in [-0.05, 0) is 68.0 Å². The highest BCUT2D eigenvalue weighted by Gasteiger charge is 2.27. The van der Waals surface area contributed by atoms with E-state index in [0.29, 0.717) is 41.4 Å². The average Bonchev–Trinajstić information content (AvgIpc) is 3.46. The Morgan fingerprint density at radius 1 is 1.02 bits per heavy atom. The molecule has 1 aliphatic heterocycles. The molecular formula is C36H36FN3O5. The minimum atomic E-state index is -0.577. The first-order valence-electron chi connectivity index (χ1n) is 14.9. The number of aliphatic hydroxyl groups is 1. The van der Waals surface area contributed by atoms with Crippen molar-refractivity contribution in [2.24, 2.45) is 0 Å². The first kappa shape index (κ1) is 30.2. The maximum absolute atomic E-state index is 15.2. The normalized spacial score (nSPS) is 12.8. The van der Waals surface area contributed by atoms with Gasteiger partial charge in [0.25, 0.3) is 5.91 Å². The largest absolute Gasteiger partial charge is 0.493 e. The Kier molecular flexibility index (Phi) is 8.73. The van der Waals surface area contributed by atoms with E-state index in [1.54, 1.807) is 37.4 Å². The molecule has 0 saturated carbocycles. The first-order chi connectivity index (χ1) is 21.9. The van der Waals surface area contributed by atoms with E-state index in [1.165, 1.54) is 6.07 Å². The molecule has 1 amide bonds. The van der Waals surface area contributed by atoms with Gasteiger partial charge in [-0.25, -0.2) is 4.39 Å². The zero-order valence-electron chi connectivity index (χ0n) is 25.5. The molecule has 232 valence electrons. The number of benzene rings is 4. The van der Waals surface area contributed by atoms with Gasteiger partial charge in [0.2, 0.25) is 0 Å². The van der Waals surface area contributed by atoms with E-state index in [4.69, 9.17) is 14.2 Å². The smallest absolute Gasteiger partial charge is 0.252 e. The number of ether oxygens (including phenoxy) is 3. The van der Waals surface area contributed by atoms with Gasteiger partial charge in [0, 0.05) is 51.5 Å². The highest BCUT2D eigenvalue weighted by molar-refractivity contribution is 6.03. The van der Waals surface area contributed by atoms with Gasteiger partial charge in [0.15, 0.2) is 11.5 Å².